The molecule has 21 heavy (non-hydrogen) atoms. The van der Waals surface area contributed by atoms with Gasteiger partial charge in [0, 0.05) is 30.1 Å². The summed E-state index contributed by atoms with van der Waals surface area (Å²) in [5.74, 6) is -1.65. The van der Waals surface area contributed by atoms with Crippen LogP contribution in [0.1, 0.15) is 22.9 Å². The van der Waals surface area contributed by atoms with E-state index in [1.165, 1.54) is 16.5 Å². The van der Waals surface area contributed by atoms with Crippen LogP contribution in [0.15, 0.2) is 29.6 Å². The van der Waals surface area contributed by atoms with Crippen LogP contribution in [0.3, 0.4) is 0 Å². The Bertz CT molecular complexity index is 598. The van der Waals surface area contributed by atoms with E-state index >= 15 is 0 Å². The van der Waals surface area contributed by atoms with Gasteiger partial charge in [-0.3, -0.25) is 4.90 Å². The third-order valence-corrected chi connectivity index (χ3v) is 4.29. The van der Waals surface area contributed by atoms with Gasteiger partial charge in [-0.05, 0) is 36.9 Å². The van der Waals surface area contributed by atoms with E-state index in [0.29, 0.717) is 18.7 Å². The van der Waals surface area contributed by atoms with Gasteiger partial charge < -0.3 is 5.11 Å². The van der Waals surface area contributed by atoms with Crippen LogP contribution in [-0.4, -0.2) is 22.7 Å². The molecular formula is C16H19F2NOS. The van der Waals surface area contributed by atoms with E-state index in [-0.39, 0.29) is 6.54 Å². The molecule has 2 nitrogen and oxygen atoms in total. The highest BCUT2D eigenvalue weighted by atomic mass is 32.1. The highest BCUT2D eigenvalue weighted by Crippen LogP contribution is 2.20. The molecule has 0 radical (unpaired) electrons. The van der Waals surface area contributed by atoms with Crippen molar-refractivity contribution in [2.45, 2.75) is 33.0 Å². The Kier molecular flexibility index (Phi) is 5.45. The van der Waals surface area contributed by atoms with Crippen LogP contribution < -0.4 is 0 Å². The van der Waals surface area contributed by atoms with Crippen molar-refractivity contribution in [3.05, 3.63) is 57.3 Å². The summed E-state index contributed by atoms with van der Waals surface area (Å²) in [5, 5.41) is 11.6. The van der Waals surface area contributed by atoms with Gasteiger partial charge in [-0.25, -0.2) is 8.78 Å². The lowest BCUT2D eigenvalue weighted by Gasteiger charge is -2.24. The van der Waals surface area contributed by atoms with E-state index in [4.69, 9.17) is 0 Å². The first-order valence-corrected chi connectivity index (χ1v) is 7.71. The predicted molar refractivity (Wildman–Crippen MR) is 81.2 cm³/mol. The first kappa shape index (κ1) is 16.1. The molecule has 0 spiro atoms. The summed E-state index contributed by atoms with van der Waals surface area (Å²) in [5.41, 5.74) is 1.49. The van der Waals surface area contributed by atoms with E-state index in [2.05, 4.69) is 0 Å². The summed E-state index contributed by atoms with van der Waals surface area (Å²) in [6, 6.07) is 6.23. The summed E-state index contributed by atoms with van der Waals surface area (Å²) in [7, 11) is 0. The zero-order chi connectivity index (χ0) is 15.4. The van der Waals surface area contributed by atoms with E-state index in [1.54, 1.807) is 24.3 Å². The third-order valence-electron chi connectivity index (χ3n) is 3.28. The zero-order valence-corrected chi connectivity index (χ0v) is 13.0. The van der Waals surface area contributed by atoms with Gasteiger partial charge in [-0.2, -0.15) is 0 Å². The van der Waals surface area contributed by atoms with Crippen molar-refractivity contribution in [2.75, 3.05) is 6.54 Å². The standard InChI is InChI=1S/C16H19F2NOS/c1-11-6-7-21-15(11)10-19(8-12(2)20)9-13-4-3-5-14(17)16(13)18/h3-7,12,20H,8-10H2,1-2H3/t12-/m1/s1. The average molecular weight is 311 g/mol. The SMILES string of the molecule is Cc1ccsc1CN(Cc1cccc(F)c1F)C[C@@H](C)O. The molecule has 2 rings (SSSR count). The first-order valence-electron chi connectivity index (χ1n) is 6.83. The van der Waals surface area contributed by atoms with Gasteiger partial charge in [0.05, 0.1) is 6.10 Å². The van der Waals surface area contributed by atoms with Crippen LogP contribution in [-0.2, 0) is 13.1 Å². The molecule has 1 atom stereocenters. The molecule has 0 bridgehead atoms. The van der Waals surface area contributed by atoms with Crippen LogP contribution in [0, 0.1) is 18.6 Å². The van der Waals surface area contributed by atoms with Gasteiger partial charge in [0.25, 0.3) is 0 Å². The lowest BCUT2D eigenvalue weighted by atomic mass is 10.1. The molecule has 0 saturated carbocycles. The number of hydrogen-bond donors (Lipinski definition) is 1. The van der Waals surface area contributed by atoms with Crippen LogP contribution in [0.5, 0.6) is 0 Å². The van der Waals surface area contributed by atoms with Crippen molar-refractivity contribution in [3.8, 4) is 0 Å². The molecule has 2 aromatic rings. The largest absolute Gasteiger partial charge is 0.392 e. The van der Waals surface area contributed by atoms with Gasteiger partial charge in [0.1, 0.15) is 0 Å². The van der Waals surface area contributed by atoms with Crippen LogP contribution >= 0.6 is 11.3 Å². The summed E-state index contributed by atoms with van der Waals surface area (Å²) >= 11 is 1.63. The second-order valence-corrected chi connectivity index (χ2v) is 6.26. The molecule has 0 aliphatic heterocycles. The monoisotopic (exact) mass is 311 g/mol. The normalized spacial score (nSPS) is 12.9. The molecule has 0 amide bonds. The van der Waals surface area contributed by atoms with E-state index in [1.807, 2.05) is 23.3 Å². The Morgan fingerprint density at radius 1 is 1.24 bits per heavy atom. The fourth-order valence-electron chi connectivity index (χ4n) is 2.24. The first-order chi connectivity index (χ1) is 9.97. The maximum atomic E-state index is 13.8. The molecule has 1 aromatic heterocycles. The average Bonchev–Trinajstić information content (AvgIpc) is 2.80. The highest BCUT2D eigenvalue weighted by Gasteiger charge is 2.15. The summed E-state index contributed by atoms with van der Waals surface area (Å²) in [4.78, 5) is 3.11. The summed E-state index contributed by atoms with van der Waals surface area (Å²) < 4.78 is 27.1. The molecule has 1 aromatic carbocycles. The van der Waals surface area contributed by atoms with Crippen molar-refractivity contribution >= 4 is 11.3 Å². The molecule has 0 aliphatic rings. The van der Waals surface area contributed by atoms with Gasteiger partial charge >= 0.3 is 0 Å². The maximum Gasteiger partial charge on any atom is 0.163 e. The van der Waals surface area contributed by atoms with Gasteiger partial charge in [-0.1, -0.05) is 12.1 Å². The van der Waals surface area contributed by atoms with Crippen LogP contribution in [0.2, 0.25) is 0 Å². The van der Waals surface area contributed by atoms with Crippen LogP contribution in [0.4, 0.5) is 8.78 Å². The highest BCUT2D eigenvalue weighted by molar-refractivity contribution is 7.10. The zero-order valence-electron chi connectivity index (χ0n) is 12.1. The minimum absolute atomic E-state index is 0.270. The lowest BCUT2D eigenvalue weighted by Crippen LogP contribution is -2.30. The maximum absolute atomic E-state index is 13.8. The van der Waals surface area contributed by atoms with Crippen molar-refractivity contribution in [2.24, 2.45) is 0 Å². The van der Waals surface area contributed by atoms with Crippen molar-refractivity contribution in [3.63, 3.8) is 0 Å². The topological polar surface area (TPSA) is 23.5 Å². The number of hydrogen-bond acceptors (Lipinski definition) is 3. The molecule has 0 aliphatic carbocycles. The minimum atomic E-state index is -0.836. The molecule has 0 unspecified atom stereocenters. The van der Waals surface area contributed by atoms with Crippen molar-refractivity contribution < 1.29 is 13.9 Å². The molecule has 0 fully saturated rings. The quantitative estimate of drug-likeness (QED) is 0.879. The Morgan fingerprint density at radius 2 is 2.00 bits per heavy atom. The van der Waals surface area contributed by atoms with E-state index in [9.17, 15) is 13.9 Å². The molecule has 114 valence electrons. The number of halogens is 2. The number of nitrogens with zero attached hydrogens (tertiary/aromatic N) is 1. The summed E-state index contributed by atoms with van der Waals surface area (Å²) in [6.45, 7) is 5.01. The second kappa shape index (κ2) is 7.11. The number of rotatable bonds is 6. The molecular weight excluding hydrogens is 292 g/mol. The number of aryl methyl sites for hydroxylation is 1. The Hall–Kier alpha value is -1.30. The van der Waals surface area contributed by atoms with Gasteiger partial charge in [-0.15, -0.1) is 11.3 Å². The minimum Gasteiger partial charge on any atom is -0.392 e. The second-order valence-electron chi connectivity index (χ2n) is 5.26. The molecule has 0 saturated heterocycles. The van der Waals surface area contributed by atoms with Gasteiger partial charge in [0.2, 0.25) is 0 Å². The molecule has 1 N–H and O–H groups in total. The number of aliphatic hydroxyl groups excluding tert-OH is 1. The Morgan fingerprint density at radius 3 is 2.62 bits per heavy atom. The predicted octanol–water partition coefficient (Wildman–Crippen LogP) is 3.72. The molecule has 5 heteroatoms. The fourth-order valence-corrected chi connectivity index (χ4v) is 3.19. The van der Waals surface area contributed by atoms with Crippen molar-refractivity contribution in [1.29, 1.82) is 0 Å². The van der Waals surface area contributed by atoms with Crippen LogP contribution in [0.25, 0.3) is 0 Å². The Labute approximate surface area is 127 Å². The van der Waals surface area contributed by atoms with Crippen molar-refractivity contribution in [1.82, 2.24) is 4.90 Å². The van der Waals surface area contributed by atoms with E-state index in [0.717, 1.165) is 6.07 Å². The lowest BCUT2D eigenvalue weighted by molar-refractivity contribution is 0.117. The third kappa shape index (κ3) is 4.33. The smallest absolute Gasteiger partial charge is 0.163 e. The number of benzene rings is 1. The molecule has 1 heterocycles. The fraction of sp³-hybridized carbons (Fsp3) is 0.375. The number of thiophene rings is 1. The summed E-state index contributed by atoms with van der Waals surface area (Å²) in [6.07, 6.45) is -0.526. The number of aliphatic hydroxyl groups is 1. The van der Waals surface area contributed by atoms with Gasteiger partial charge in [0.15, 0.2) is 11.6 Å². The Balaban J connectivity index is 2.16. The van der Waals surface area contributed by atoms with E-state index < -0.39 is 17.7 Å².